The number of hydrogen-bond donors (Lipinski definition) is 2. The lowest BCUT2D eigenvalue weighted by Gasteiger charge is -2.41. The summed E-state index contributed by atoms with van der Waals surface area (Å²) in [5.41, 5.74) is 9.00. The average Bonchev–Trinajstić information content (AvgIpc) is 3.02. The van der Waals surface area contributed by atoms with Gasteiger partial charge in [-0.15, -0.1) is 0 Å². The standard InChI is InChI=1S/C38H34N2/c1-26-32-12-6-8-14-34(32)37(35-15-9-7-13-33(26)35)36-24-30(25-38(2,40-36)31-10-4-3-5-11-31)28-18-16-27(17-19-28)29-20-22-39-23-21-29/h3-22,24,36,39-40H,23,25H2,1-2H3. The second kappa shape index (κ2) is 9.97. The number of fused-ring (bicyclic) bond motifs is 2. The lowest BCUT2D eigenvalue weighted by molar-refractivity contribution is 0.337. The Morgan fingerprint density at radius 3 is 1.93 bits per heavy atom. The summed E-state index contributed by atoms with van der Waals surface area (Å²) in [5.74, 6) is 0. The molecule has 0 aromatic heterocycles. The molecule has 40 heavy (non-hydrogen) atoms. The molecule has 2 aliphatic rings. The van der Waals surface area contributed by atoms with Crippen LogP contribution in [-0.4, -0.2) is 6.54 Å². The Kier molecular flexibility index (Phi) is 6.14. The van der Waals surface area contributed by atoms with Crippen LogP contribution in [0.25, 0.3) is 32.7 Å². The van der Waals surface area contributed by atoms with Crippen LogP contribution in [0.2, 0.25) is 0 Å². The molecular weight excluding hydrogens is 484 g/mol. The van der Waals surface area contributed by atoms with E-state index in [0.717, 1.165) is 13.0 Å². The summed E-state index contributed by atoms with van der Waals surface area (Å²) in [6, 6.07) is 37.9. The molecule has 0 fully saturated rings. The van der Waals surface area contributed by atoms with Crippen molar-refractivity contribution < 1.29 is 0 Å². The molecule has 5 aromatic rings. The molecule has 0 radical (unpaired) electrons. The van der Waals surface area contributed by atoms with Crippen molar-refractivity contribution in [3.8, 4) is 0 Å². The highest BCUT2D eigenvalue weighted by molar-refractivity contribution is 6.06. The first kappa shape index (κ1) is 24.6. The molecule has 0 aliphatic carbocycles. The van der Waals surface area contributed by atoms with Gasteiger partial charge in [0.2, 0.25) is 0 Å². The molecule has 2 aliphatic heterocycles. The van der Waals surface area contributed by atoms with Crippen molar-refractivity contribution in [3.05, 3.63) is 155 Å². The number of rotatable bonds is 4. The molecule has 2 heterocycles. The van der Waals surface area contributed by atoms with Crippen LogP contribution in [0.5, 0.6) is 0 Å². The minimum Gasteiger partial charge on any atom is -0.387 e. The first-order valence-electron chi connectivity index (χ1n) is 14.3. The molecule has 196 valence electrons. The molecule has 2 unspecified atom stereocenters. The van der Waals surface area contributed by atoms with Crippen LogP contribution < -0.4 is 10.6 Å². The molecule has 0 spiro atoms. The Morgan fingerprint density at radius 1 is 0.700 bits per heavy atom. The molecule has 0 saturated heterocycles. The van der Waals surface area contributed by atoms with Gasteiger partial charge in [0.25, 0.3) is 0 Å². The zero-order chi connectivity index (χ0) is 27.1. The van der Waals surface area contributed by atoms with E-state index in [1.54, 1.807) is 0 Å². The second-order valence-corrected chi connectivity index (χ2v) is 11.3. The van der Waals surface area contributed by atoms with Gasteiger partial charge in [-0.25, -0.2) is 0 Å². The summed E-state index contributed by atoms with van der Waals surface area (Å²) < 4.78 is 0. The molecule has 2 atom stereocenters. The van der Waals surface area contributed by atoms with Gasteiger partial charge in [0.1, 0.15) is 0 Å². The summed E-state index contributed by atoms with van der Waals surface area (Å²) in [4.78, 5) is 0. The van der Waals surface area contributed by atoms with E-state index in [4.69, 9.17) is 0 Å². The van der Waals surface area contributed by atoms with E-state index in [1.165, 1.54) is 60.5 Å². The third-order valence-corrected chi connectivity index (χ3v) is 8.76. The Bertz CT molecular complexity index is 1750. The van der Waals surface area contributed by atoms with E-state index in [-0.39, 0.29) is 11.6 Å². The van der Waals surface area contributed by atoms with Crippen molar-refractivity contribution in [1.29, 1.82) is 0 Å². The molecular formula is C38H34N2. The number of dihydropyridines is 1. The molecule has 0 bridgehead atoms. The number of aryl methyl sites for hydroxylation is 1. The number of hydrogen-bond acceptors (Lipinski definition) is 2. The van der Waals surface area contributed by atoms with Gasteiger partial charge in [-0.3, -0.25) is 5.32 Å². The smallest absolute Gasteiger partial charge is 0.0531 e. The fourth-order valence-electron chi connectivity index (χ4n) is 6.68. The normalized spacial score (nSPS) is 20.7. The van der Waals surface area contributed by atoms with Crippen molar-refractivity contribution in [2.24, 2.45) is 0 Å². The molecule has 2 nitrogen and oxygen atoms in total. The molecule has 5 aromatic carbocycles. The summed E-state index contributed by atoms with van der Waals surface area (Å²) in [6.45, 7) is 5.49. The van der Waals surface area contributed by atoms with Gasteiger partial charge < -0.3 is 5.32 Å². The Hall–Kier alpha value is -4.40. The Labute approximate surface area is 236 Å². The van der Waals surface area contributed by atoms with Crippen LogP contribution in [-0.2, 0) is 5.54 Å². The molecule has 7 rings (SSSR count). The lowest BCUT2D eigenvalue weighted by Crippen LogP contribution is -2.44. The summed E-state index contributed by atoms with van der Waals surface area (Å²) in [6.07, 6.45) is 9.83. The minimum absolute atomic E-state index is 0.0547. The number of benzene rings is 5. The predicted molar refractivity (Wildman–Crippen MR) is 170 cm³/mol. The third kappa shape index (κ3) is 4.26. The van der Waals surface area contributed by atoms with Gasteiger partial charge in [0, 0.05) is 12.1 Å². The van der Waals surface area contributed by atoms with Gasteiger partial charge in [-0.2, -0.15) is 0 Å². The van der Waals surface area contributed by atoms with Crippen molar-refractivity contribution >= 4 is 32.7 Å². The first-order valence-corrected chi connectivity index (χ1v) is 14.3. The first-order chi connectivity index (χ1) is 19.6. The van der Waals surface area contributed by atoms with E-state index in [0.29, 0.717) is 0 Å². The van der Waals surface area contributed by atoms with Crippen molar-refractivity contribution in [3.63, 3.8) is 0 Å². The van der Waals surface area contributed by atoms with Gasteiger partial charge >= 0.3 is 0 Å². The van der Waals surface area contributed by atoms with Gasteiger partial charge in [-0.05, 0) is 93.1 Å². The molecule has 0 amide bonds. The fraction of sp³-hybridized carbons (Fsp3) is 0.158. The lowest BCUT2D eigenvalue weighted by atomic mass is 9.77. The van der Waals surface area contributed by atoms with Crippen LogP contribution in [0.3, 0.4) is 0 Å². The number of nitrogens with one attached hydrogen (secondary N) is 2. The Morgan fingerprint density at radius 2 is 1.30 bits per heavy atom. The summed E-state index contributed by atoms with van der Waals surface area (Å²) in [7, 11) is 0. The van der Waals surface area contributed by atoms with E-state index in [9.17, 15) is 0 Å². The average molecular weight is 519 g/mol. The van der Waals surface area contributed by atoms with Gasteiger partial charge in [0.15, 0.2) is 0 Å². The maximum Gasteiger partial charge on any atom is 0.0531 e. The highest BCUT2D eigenvalue weighted by Gasteiger charge is 2.35. The van der Waals surface area contributed by atoms with E-state index in [1.807, 2.05) is 6.20 Å². The maximum absolute atomic E-state index is 4.13. The van der Waals surface area contributed by atoms with Crippen molar-refractivity contribution in [1.82, 2.24) is 10.6 Å². The van der Waals surface area contributed by atoms with Crippen LogP contribution in [0, 0.1) is 6.92 Å². The number of allylic oxidation sites excluding steroid dienone is 2. The topological polar surface area (TPSA) is 24.1 Å². The second-order valence-electron chi connectivity index (χ2n) is 11.3. The van der Waals surface area contributed by atoms with Crippen LogP contribution in [0.1, 0.15) is 47.2 Å². The van der Waals surface area contributed by atoms with Crippen molar-refractivity contribution in [2.45, 2.75) is 31.8 Å². The zero-order valence-electron chi connectivity index (χ0n) is 23.1. The Balaban J connectivity index is 1.41. The largest absolute Gasteiger partial charge is 0.387 e. The zero-order valence-corrected chi connectivity index (χ0v) is 23.1. The molecule has 2 N–H and O–H groups in total. The van der Waals surface area contributed by atoms with Crippen LogP contribution in [0.15, 0.2) is 128 Å². The minimum atomic E-state index is -0.220. The quantitative estimate of drug-likeness (QED) is 0.232. The van der Waals surface area contributed by atoms with E-state index >= 15 is 0 Å². The van der Waals surface area contributed by atoms with Crippen molar-refractivity contribution in [2.75, 3.05) is 6.54 Å². The van der Waals surface area contributed by atoms with Crippen LogP contribution in [0.4, 0.5) is 0 Å². The van der Waals surface area contributed by atoms with Gasteiger partial charge in [0.05, 0.1) is 6.04 Å². The van der Waals surface area contributed by atoms with E-state index in [2.05, 4.69) is 146 Å². The molecule has 0 saturated carbocycles. The third-order valence-electron chi connectivity index (χ3n) is 8.76. The molecule has 2 heteroatoms. The maximum atomic E-state index is 4.13. The van der Waals surface area contributed by atoms with E-state index < -0.39 is 0 Å². The highest BCUT2D eigenvalue weighted by atomic mass is 15.0. The SMILES string of the molecule is Cc1c2ccccc2c(C2C=C(c3ccc(C4=CCNC=C4)cc3)CC(C)(c3ccccc3)N2)c2ccccc12. The van der Waals surface area contributed by atoms with Crippen LogP contribution >= 0.6 is 0 Å². The summed E-state index contributed by atoms with van der Waals surface area (Å²) in [5, 5.41) is 12.7. The fourth-order valence-corrected chi connectivity index (χ4v) is 6.68. The monoisotopic (exact) mass is 518 g/mol. The summed E-state index contributed by atoms with van der Waals surface area (Å²) >= 11 is 0. The predicted octanol–water partition coefficient (Wildman–Crippen LogP) is 8.84. The highest BCUT2D eigenvalue weighted by Crippen LogP contribution is 2.44. The van der Waals surface area contributed by atoms with Gasteiger partial charge in [-0.1, -0.05) is 115 Å².